The molecule has 0 unspecified atom stereocenters. The van der Waals surface area contributed by atoms with Crippen LogP contribution in [-0.4, -0.2) is 18.4 Å². The lowest BCUT2D eigenvalue weighted by Crippen LogP contribution is -2.28. The van der Waals surface area contributed by atoms with Crippen molar-refractivity contribution >= 4 is 45.0 Å². The van der Waals surface area contributed by atoms with Crippen LogP contribution in [0.2, 0.25) is 5.02 Å². The van der Waals surface area contributed by atoms with Gasteiger partial charge in [0.05, 0.1) is 22.3 Å². The summed E-state index contributed by atoms with van der Waals surface area (Å²) in [6.45, 7) is 1.67. The Morgan fingerprint density at radius 3 is 2.47 bits per heavy atom. The Kier molecular flexibility index (Phi) is 7.49. The van der Waals surface area contributed by atoms with Gasteiger partial charge in [-0.3, -0.25) is 9.59 Å². The number of rotatable bonds is 7. The maximum atomic E-state index is 12.8. The second-order valence-electron chi connectivity index (χ2n) is 6.56. The van der Waals surface area contributed by atoms with Crippen LogP contribution >= 0.6 is 27.5 Å². The van der Waals surface area contributed by atoms with Crippen molar-refractivity contribution in [2.45, 2.75) is 13.0 Å². The topological polar surface area (TPSA) is 67.4 Å². The van der Waals surface area contributed by atoms with Crippen LogP contribution in [-0.2, 0) is 4.79 Å². The molecular formula is C23H20BrClN2O3. The van der Waals surface area contributed by atoms with Gasteiger partial charge in [0.25, 0.3) is 11.8 Å². The number of benzene rings is 3. The van der Waals surface area contributed by atoms with Crippen LogP contribution in [0, 0.1) is 0 Å². The predicted molar refractivity (Wildman–Crippen MR) is 122 cm³/mol. The molecule has 154 valence electrons. The number of hydrogen-bond donors (Lipinski definition) is 2. The summed E-state index contributed by atoms with van der Waals surface area (Å²) in [6.07, 6.45) is 0. The standard InChI is InChI=1S/C23H20BrClN2O3/c1-15(16-7-3-2-4-8-16)26-23(29)18-9-5-6-10-20(18)27-22(28)14-30-21-12-11-17(24)13-19(21)25/h2-13,15H,14H2,1H3,(H,26,29)(H,27,28)/t15-/m0/s1. The second kappa shape index (κ2) is 10.3. The molecule has 0 saturated heterocycles. The van der Waals surface area contributed by atoms with Crippen molar-refractivity contribution in [3.8, 4) is 5.75 Å². The first-order valence-corrected chi connectivity index (χ1v) is 10.4. The summed E-state index contributed by atoms with van der Waals surface area (Å²) in [7, 11) is 0. The van der Waals surface area contributed by atoms with Crippen molar-refractivity contribution in [3.63, 3.8) is 0 Å². The van der Waals surface area contributed by atoms with E-state index in [2.05, 4.69) is 26.6 Å². The van der Waals surface area contributed by atoms with Crippen molar-refractivity contribution in [2.75, 3.05) is 11.9 Å². The number of carbonyl (C=O) groups is 2. The number of amides is 2. The van der Waals surface area contributed by atoms with E-state index >= 15 is 0 Å². The van der Waals surface area contributed by atoms with E-state index in [9.17, 15) is 9.59 Å². The lowest BCUT2D eigenvalue weighted by molar-refractivity contribution is -0.118. The maximum Gasteiger partial charge on any atom is 0.262 e. The average molecular weight is 488 g/mol. The highest BCUT2D eigenvalue weighted by Crippen LogP contribution is 2.27. The van der Waals surface area contributed by atoms with Gasteiger partial charge < -0.3 is 15.4 Å². The van der Waals surface area contributed by atoms with Crippen LogP contribution in [0.25, 0.3) is 0 Å². The Morgan fingerprint density at radius 2 is 1.73 bits per heavy atom. The molecule has 0 saturated carbocycles. The zero-order valence-electron chi connectivity index (χ0n) is 16.2. The molecule has 7 heteroatoms. The molecule has 0 aliphatic carbocycles. The molecular weight excluding hydrogens is 468 g/mol. The quantitative estimate of drug-likeness (QED) is 0.455. The smallest absolute Gasteiger partial charge is 0.262 e. The minimum atomic E-state index is -0.398. The van der Waals surface area contributed by atoms with E-state index in [0.29, 0.717) is 22.0 Å². The molecule has 0 radical (unpaired) electrons. The van der Waals surface area contributed by atoms with E-state index in [0.717, 1.165) is 10.0 Å². The molecule has 0 heterocycles. The highest BCUT2D eigenvalue weighted by molar-refractivity contribution is 9.10. The lowest BCUT2D eigenvalue weighted by atomic mass is 10.1. The van der Waals surface area contributed by atoms with Gasteiger partial charge >= 0.3 is 0 Å². The summed E-state index contributed by atoms with van der Waals surface area (Å²) < 4.78 is 6.30. The van der Waals surface area contributed by atoms with E-state index in [-0.39, 0.29) is 18.6 Å². The van der Waals surface area contributed by atoms with Crippen LogP contribution in [0.4, 0.5) is 5.69 Å². The molecule has 0 aromatic heterocycles. The molecule has 1 atom stereocenters. The third-order valence-electron chi connectivity index (χ3n) is 4.35. The van der Waals surface area contributed by atoms with E-state index in [4.69, 9.17) is 16.3 Å². The molecule has 3 aromatic rings. The van der Waals surface area contributed by atoms with Gasteiger partial charge in [-0.05, 0) is 42.8 Å². The van der Waals surface area contributed by atoms with Crippen molar-refractivity contribution in [1.29, 1.82) is 0 Å². The summed E-state index contributed by atoms with van der Waals surface area (Å²) in [6, 6.07) is 21.4. The number of anilines is 1. The van der Waals surface area contributed by atoms with E-state index in [1.165, 1.54) is 0 Å². The molecule has 3 rings (SSSR count). The summed E-state index contributed by atoms with van der Waals surface area (Å²) in [5.41, 5.74) is 1.77. The van der Waals surface area contributed by atoms with Gasteiger partial charge in [0, 0.05) is 4.47 Å². The summed E-state index contributed by atoms with van der Waals surface area (Å²) in [4.78, 5) is 25.1. The van der Waals surface area contributed by atoms with Crippen molar-refractivity contribution in [1.82, 2.24) is 5.32 Å². The van der Waals surface area contributed by atoms with Crippen molar-refractivity contribution in [3.05, 3.63) is 93.4 Å². The van der Waals surface area contributed by atoms with E-state index in [1.807, 2.05) is 37.3 Å². The number of hydrogen-bond acceptors (Lipinski definition) is 3. The fourth-order valence-electron chi connectivity index (χ4n) is 2.81. The van der Waals surface area contributed by atoms with E-state index in [1.54, 1.807) is 42.5 Å². The molecule has 30 heavy (non-hydrogen) atoms. The van der Waals surface area contributed by atoms with Crippen LogP contribution in [0.1, 0.15) is 28.9 Å². The van der Waals surface area contributed by atoms with Gasteiger partial charge in [-0.15, -0.1) is 0 Å². The molecule has 0 bridgehead atoms. The summed E-state index contributed by atoms with van der Waals surface area (Å²) in [5, 5.41) is 6.08. The molecule has 0 aliphatic heterocycles. The van der Waals surface area contributed by atoms with Gasteiger partial charge in [0.15, 0.2) is 6.61 Å². The number of para-hydroxylation sites is 1. The molecule has 3 aromatic carbocycles. The first kappa shape index (κ1) is 21.9. The van der Waals surface area contributed by atoms with Gasteiger partial charge in [-0.1, -0.05) is 70.0 Å². The monoisotopic (exact) mass is 486 g/mol. The minimum absolute atomic E-state index is 0.176. The predicted octanol–water partition coefficient (Wildman–Crippen LogP) is 5.61. The zero-order valence-corrected chi connectivity index (χ0v) is 18.5. The fourth-order valence-corrected chi connectivity index (χ4v) is 3.54. The van der Waals surface area contributed by atoms with E-state index < -0.39 is 5.91 Å². The Bertz CT molecular complexity index is 1040. The van der Waals surface area contributed by atoms with Crippen molar-refractivity contribution < 1.29 is 14.3 Å². The number of nitrogens with one attached hydrogen (secondary N) is 2. The van der Waals surface area contributed by atoms with Gasteiger partial charge in [0.2, 0.25) is 0 Å². The largest absolute Gasteiger partial charge is 0.482 e. The van der Waals surface area contributed by atoms with Crippen LogP contribution in [0.3, 0.4) is 0 Å². The molecule has 0 aliphatic rings. The third-order valence-corrected chi connectivity index (χ3v) is 5.13. The molecule has 0 spiro atoms. The van der Waals surface area contributed by atoms with Crippen LogP contribution in [0.5, 0.6) is 5.75 Å². The Labute approximate surface area is 188 Å². The van der Waals surface area contributed by atoms with Crippen molar-refractivity contribution in [2.24, 2.45) is 0 Å². The lowest BCUT2D eigenvalue weighted by Gasteiger charge is -2.16. The third kappa shape index (κ3) is 5.84. The highest BCUT2D eigenvalue weighted by Gasteiger charge is 2.16. The fraction of sp³-hybridized carbons (Fsp3) is 0.130. The minimum Gasteiger partial charge on any atom is -0.482 e. The molecule has 2 amide bonds. The molecule has 2 N–H and O–H groups in total. The first-order chi connectivity index (χ1) is 14.4. The van der Waals surface area contributed by atoms with Gasteiger partial charge in [-0.2, -0.15) is 0 Å². The number of ether oxygens (including phenoxy) is 1. The van der Waals surface area contributed by atoms with Gasteiger partial charge in [-0.25, -0.2) is 0 Å². The number of carbonyl (C=O) groups excluding carboxylic acids is 2. The van der Waals surface area contributed by atoms with Crippen LogP contribution in [0.15, 0.2) is 77.3 Å². The zero-order chi connectivity index (χ0) is 21.5. The maximum absolute atomic E-state index is 12.8. The van der Waals surface area contributed by atoms with Crippen LogP contribution < -0.4 is 15.4 Å². The van der Waals surface area contributed by atoms with Gasteiger partial charge in [0.1, 0.15) is 5.75 Å². The summed E-state index contributed by atoms with van der Waals surface area (Å²) >= 11 is 9.42. The normalized spacial score (nSPS) is 11.4. The Hall–Kier alpha value is -2.83. The average Bonchev–Trinajstić information content (AvgIpc) is 2.74. The molecule has 5 nitrogen and oxygen atoms in total. The second-order valence-corrected chi connectivity index (χ2v) is 7.89. The Morgan fingerprint density at radius 1 is 1.03 bits per heavy atom. The SMILES string of the molecule is C[C@H](NC(=O)c1ccccc1NC(=O)COc1ccc(Br)cc1Cl)c1ccccc1. The summed E-state index contributed by atoms with van der Waals surface area (Å²) in [5.74, 6) is -0.276. The molecule has 0 fully saturated rings. The Balaban J connectivity index is 1.64. The number of halogens is 2. The highest BCUT2D eigenvalue weighted by atomic mass is 79.9. The first-order valence-electron chi connectivity index (χ1n) is 9.26.